The molecule has 0 aliphatic carbocycles. The quantitative estimate of drug-likeness (QED) is 0.252. The number of aromatic nitrogens is 1. The number of nitrogens with zero attached hydrogens (tertiary/aromatic N) is 2. The van der Waals surface area contributed by atoms with Crippen LogP contribution in [0, 0.1) is 0 Å². The Morgan fingerprint density at radius 3 is 2.61 bits per heavy atom. The first kappa shape index (κ1) is 19.3. The van der Waals surface area contributed by atoms with Gasteiger partial charge in [0.2, 0.25) is 5.60 Å². The normalized spacial score (nSPS) is 12.8. The average Bonchev–Trinajstić information content (AvgIpc) is 2.84. The van der Waals surface area contributed by atoms with Crippen molar-refractivity contribution in [2.24, 2.45) is 5.16 Å². The third kappa shape index (κ3) is 6.49. The zero-order chi connectivity index (χ0) is 17.7. The van der Waals surface area contributed by atoms with Gasteiger partial charge >= 0.3 is 5.97 Å². The molecule has 1 aromatic heterocycles. The molecule has 0 bridgehead atoms. The lowest BCUT2D eigenvalue weighted by Gasteiger charge is -2.22. The maximum atomic E-state index is 12.1. The number of hydrogen-bond donors (Lipinski definition) is 1. The summed E-state index contributed by atoms with van der Waals surface area (Å²) in [6.07, 6.45) is 0.501. The zero-order valence-electron chi connectivity index (χ0n) is 14.1. The van der Waals surface area contributed by atoms with Gasteiger partial charge in [0.25, 0.3) is 0 Å². The molecule has 1 aromatic rings. The van der Waals surface area contributed by atoms with Crippen molar-refractivity contribution in [3.63, 3.8) is 0 Å². The summed E-state index contributed by atoms with van der Waals surface area (Å²) < 4.78 is 5.24. The van der Waals surface area contributed by atoms with E-state index < -0.39 is 19.6 Å². The zero-order valence-corrected chi connectivity index (χ0v) is 15.9. The van der Waals surface area contributed by atoms with Gasteiger partial charge < -0.3 is 15.3 Å². The minimum Gasteiger partial charge on any atom is -0.463 e. The third-order valence-corrected chi connectivity index (χ3v) is 5.22. The van der Waals surface area contributed by atoms with Gasteiger partial charge in [0.05, 0.1) is 6.61 Å². The van der Waals surface area contributed by atoms with E-state index in [4.69, 9.17) is 15.3 Å². The van der Waals surface area contributed by atoms with Crippen molar-refractivity contribution in [1.82, 2.24) is 4.98 Å². The number of thiazole rings is 1. The molecule has 0 amide bonds. The van der Waals surface area contributed by atoms with E-state index in [0.29, 0.717) is 23.7 Å². The van der Waals surface area contributed by atoms with E-state index in [1.807, 2.05) is 0 Å². The van der Waals surface area contributed by atoms with Crippen molar-refractivity contribution < 1.29 is 19.2 Å². The minimum atomic E-state index is -1.30. The van der Waals surface area contributed by atoms with E-state index in [9.17, 15) is 9.59 Å². The van der Waals surface area contributed by atoms with Crippen LogP contribution >= 0.6 is 11.3 Å². The van der Waals surface area contributed by atoms with E-state index in [1.54, 1.807) is 5.38 Å². The first-order valence-electron chi connectivity index (χ1n) is 7.15. The molecule has 0 aliphatic rings. The molecular formula is C14H23N3O4SSi. The van der Waals surface area contributed by atoms with Crippen LogP contribution in [0.1, 0.15) is 19.5 Å². The van der Waals surface area contributed by atoms with E-state index in [0.717, 1.165) is 6.04 Å². The van der Waals surface area contributed by atoms with Gasteiger partial charge in [-0.25, -0.2) is 9.78 Å². The molecule has 1 heterocycles. The standard InChI is InChI=1S/C14H23N3O4SSi/c1-14(2,12(19)20-6-7-23(3,4)5)21-17-10(8-18)11-9-22-13(15)16-11/h8-9H,6-7H2,1-5H3,(H2,15,16). The van der Waals surface area contributed by atoms with Crippen LogP contribution in [0.2, 0.25) is 25.7 Å². The Balaban J connectivity index is 2.67. The van der Waals surface area contributed by atoms with E-state index in [2.05, 4.69) is 29.8 Å². The Labute approximate surface area is 140 Å². The summed E-state index contributed by atoms with van der Waals surface area (Å²) in [6.45, 7) is 10.0. The summed E-state index contributed by atoms with van der Waals surface area (Å²) >= 11 is 1.18. The van der Waals surface area contributed by atoms with Crippen LogP contribution < -0.4 is 5.73 Å². The summed E-state index contributed by atoms with van der Waals surface area (Å²) in [5.74, 6) is -0.525. The smallest absolute Gasteiger partial charge is 0.352 e. The second kappa shape index (κ2) is 7.69. The molecule has 0 saturated carbocycles. The van der Waals surface area contributed by atoms with Gasteiger partial charge in [-0.1, -0.05) is 24.8 Å². The van der Waals surface area contributed by atoms with Crippen LogP contribution in [0.15, 0.2) is 10.5 Å². The molecule has 0 aromatic carbocycles. The molecule has 7 nitrogen and oxygen atoms in total. The number of ether oxygens (including phenoxy) is 1. The number of anilines is 1. The number of nitrogen functional groups attached to an aromatic ring is 1. The topological polar surface area (TPSA) is 104 Å². The van der Waals surface area contributed by atoms with Crippen LogP contribution in [0.4, 0.5) is 5.13 Å². The summed E-state index contributed by atoms with van der Waals surface area (Å²) in [5, 5.41) is 5.63. The molecule has 0 unspecified atom stereocenters. The molecule has 9 heteroatoms. The maximum absolute atomic E-state index is 12.1. The molecule has 0 saturated heterocycles. The largest absolute Gasteiger partial charge is 0.463 e. The van der Waals surface area contributed by atoms with Crippen molar-refractivity contribution in [3.8, 4) is 0 Å². The van der Waals surface area contributed by atoms with E-state index in [-0.39, 0.29) is 5.71 Å². The first-order chi connectivity index (χ1) is 10.5. The van der Waals surface area contributed by atoms with Gasteiger partial charge in [-0.05, 0) is 19.9 Å². The van der Waals surface area contributed by atoms with Gasteiger partial charge in [-0.15, -0.1) is 11.3 Å². The molecule has 1 rings (SSSR count). The van der Waals surface area contributed by atoms with Crippen LogP contribution in [0.3, 0.4) is 0 Å². The predicted octanol–water partition coefficient (Wildman–Crippen LogP) is 2.30. The Bertz CT molecular complexity index is 593. The van der Waals surface area contributed by atoms with Gasteiger partial charge in [-0.3, -0.25) is 4.79 Å². The molecule has 2 N–H and O–H groups in total. The Morgan fingerprint density at radius 1 is 1.48 bits per heavy atom. The number of rotatable bonds is 8. The Kier molecular flexibility index (Phi) is 6.45. The Hall–Kier alpha value is -1.74. The van der Waals surface area contributed by atoms with Crippen LogP contribution in [-0.4, -0.2) is 43.2 Å². The maximum Gasteiger partial charge on any atom is 0.352 e. The highest BCUT2D eigenvalue weighted by Gasteiger charge is 2.33. The number of carbonyl (C=O) groups excluding carboxylic acids is 2. The van der Waals surface area contributed by atoms with Crippen LogP contribution in [0.25, 0.3) is 0 Å². The molecule has 128 valence electrons. The molecule has 0 aliphatic heterocycles. The second-order valence-corrected chi connectivity index (χ2v) is 13.2. The fraction of sp³-hybridized carbons (Fsp3) is 0.571. The fourth-order valence-corrected chi connectivity index (χ4v) is 2.63. The summed E-state index contributed by atoms with van der Waals surface area (Å²) in [6, 6.07) is 0.871. The van der Waals surface area contributed by atoms with Crippen LogP contribution in [0.5, 0.6) is 0 Å². The number of esters is 1. The predicted molar refractivity (Wildman–Crippen MR) is 93.4 cm³/mol. The highest BCUT2D eigenvalue weighted by atomic mass is 32.1. The van der Waals surface area contributed by atoms with Crippen molar-refractivity contribution in [2.75, 3.05) is 12.3 Å². The van der Waals surface area contributed by atoms with Gasteiger partial charge in [0.1, 0.15) is 5.69 Å². The SMILES string of the molecule is CC(C)(ON=C(C=O)c1csc(N)n1)C(=O)OCC[Si](C)(C)C. The van der Waals surface area contributed by atoms with Crippen LogP contribution in [-0.2, 0) is 19.2 Å². The molecule has 0 atom stereocenters. The summed E-state index contributed by atoms with van der Waals surface area (Å²) in [7, 11) is -1.28. The lowest BCUT2D eigenvalue weighted by atomic mass is 10.1. The van der Waals surface area contributed by atoms with Gasteiger partial charge in [-0.2, -0.15) is 0 Å². The van der Waals surface area contributed by atoms with Gasteiger partial charge in [0, 0.05) is 13.5 Å². The Morgan fingerprint density at radius 2 is 2.13 bits per heavy atom. The molecule has 0 fully saturated rings. The highest BCUT2D eigenvalue weighted by Crippen LogP contribution is 2.16. The lowest BCUT2D eigenvalue weighted by molar-refractivity contribution is -0.167. The molecule has 23 heavy (non-hydrogen) atoms. The monoisotopic (exact) mass is 357 g/mol. The molecule has 0 radical (unpaired) electrons. The van der Waals surface area contributed by atoms with Crippen molar-refractivity contribution in [1.29, 1.82) is 0 Å². The highest BCUT2D eigenvalue weighted by molar-refractivity contribution is 7.13. The van der Waals surface area contributed by atoms with E-state index >= 15 is 0 Å². The number of aldehydes is 1. The fourth-order valence-electron chi connectivity index (χ4n) is 1.36. The minimum absolute atomic E-state index is 0.0269. The number of oxime groups is 1. The average molecular weight is 358 g/mol. The lowest BCUT2D eigenvalue weighted by Crippen LogP contribution is -2.36. The third-order valence-electron chi connectivity index (χ3n) is 2.85. The molecule has 0 spiro atoms. The first-order valence-corrected chi connectivity index (χ1v) is 11.7. The van der Waals surface area contributed by atoms with Crippen molar-refractivity contribution in [2.45, 2.75) is 45.1 Å². The summed E-state index contributed by atoms with van der Waals surface area (Å²) in [5.41, 5.74) is 4.50. The van der Waals surface area contributed by atoms with Crippen molar-refractivity contribution in [3.05, 3.63) is 11.1 Å². The number of hydrogen-bond acceptors (Lipinski definition) is 8. The number of carbonyl (C=O) groups is 2. The van der Waals surface area contributed by atoms with Gasteiger partial charge in [0.15, 0.2) is 17.1 Å². The second-order valence-electron chi connectivity index (χ2n) is 6.71. The number of nitrogens with two attached hydrogens (primary N) is 1. The van der Waals surface area contributed by atoms with Crippen molar-refractivity contribution >= 4 is 42.5 Å². The van der Waals surface area contributed by atoms with E-state index in [1.165, 1.54) is 25.2 Å². The summed E-state index contributed by atoms with van der Waals surface area (Å²) in [4.78, 5) is 32.3. The molecular weight excluding hydrogens is 334 g/mol.